The van der Waals surface area contributed by atoms with Crippen molar-refractivity contribution < 1.29 is 62.6 Å². The van der Waals surface area contributed by atoms with Crippen LogP contribution < -0.4 is 65.9 Å². The van der Waals surface area contributed by atoms with Crippen molar-refractivity contribution in [3.05, 3.63) is 0 Å². The lowest BCUT2D eigenvalue weighted by Gasteiger charge is -2.34. The number of nitrogens with zero attached hydrogens (tertiary/aromatic N) is 3. The molecule has 74 heavy (non-hydrogen) atoms. The fourth-order valence-electron chi connectivity index (χ4n) is 7.89. The number of unbranched alkanes of at least 4 members (excludes halogenated alkanes) is 1. The number of carbonyl (C=O) groups is 12. The predicted octanol–water partition coefficient (Wildman–Crippen LogP) is -5.05. The van der Waals surface area contributed by atoms with Gasteiger partial charge in [0.05, 0.1) is 12.6 Å². The average molecular weight is 1050 g/mol. The van der Waals surface area contributed by atoms with Crippen molar-refractivity contribution in [1.29, 1.82) is 0 Å². The topological polar surface area (TPSA) is 458 Å². The van der Waals surface area contributed by atoms with Crippen LogP contribution in [0.4, 0.5) is 0 Å². The van der Waals surface area contributed by atoms with E-state index in [0.717, 1.165) is 6.92 Å². The zero-order valence-corrected chi connectivity index (χ0v) is 43.7. The van der Waals surface area contributed by atoms with Gasteiger partial charge in [-0.15, -0.1) is 0 Å². The number of imide groups is 1. The summed E-state index contributed by atoms with van der Waals surface area (Å²) in [6, 6.07) is -11.1. The second-order valence-corrected chi connectivity index (χ2v) is 18.3. The van der Waals surface area contributed by atoms with Crippen LogP contribution in [-0.4, -0.2) is 172 Å². The Bertz CT molecular complexity index is 2020. The summed E-state index contributed by atoms with van der Waals surface area (Å²) in [5, 5.41) is 28.2. The van der Waals surface area contributed by atoms with Gasteiger partial charge in [0, 0.05) is 33.4 Å². The molecular weight excluding hydrogens is 971 g/mol. The number of aliphatic imine (C=N–C) groups is 1. The Balaban J connectivity index is 3.62. The van der Waals surface area contributed by atoms with Crippen molar-refractivity contribution in [1.82, 2.24) is 47.0 Å². The number of carbonyl (C=O) groups excluding carboxylic acids is 12. The Morgan fingerprint density at radius 2 is 1.34 bits per heavy atom. The number of hydrogen-bond donors (Lipinski definition) is 13. The Morgan fingerprint density at radius 1 is 0.716 bits per heavy atom. The lowest BCUT2D eigenvalue weighted by molar-refractivity contribution is -0.154. The first-order valence-corrected chi connectivity index (χ1v) is 24.9. The summed E-state index contributed by atoms with van der Waals surface area (Å²) in [6.45, 7) is 9.56. The summed E-state index contributed by atoms with van der Waals surface area (Å²) < 4.78 is 0. The highest BCUT2D eigenvalue weighted by atomic mass is 16.3. The minimum Gasteiger partial charge on any atom is -0.391 e. The quantitative estimate of drug-likeness (QED) is 0.0166. The summed E-state index contributed by atoms with van der Waals surface area (Å²) in [7, 11) is 0. The molecular formula is C46H81N15O13. The first-order valence-electron chi connectivity index (χ1n) is 24.9. The molecule has 1 saturated heterocycles. The number of aliphatic hydroxyl groups is 1. The van der Waals surface area contributed by atoms with Crippen molar-refractivity contribution in [2.24, 2.45) is 39.6 Å². The van der Waals surface area contributed by atoms with Crippen LogP contribution in [0.2, 0.25) is 0 Å². The van der Waals surface area contributed by atoms with Crippen LogP contribution in [-0.2, 0) is 57.5 Å². The normalized spacial score (nSPS) is 16.7. The number of likely N-dealkylation sites (tertiary alicyclic amines) is 1. The Kier molecular flexibility index (Phi) is 29.0. The number of nitrogens with one attached hydrogen (secondary N) is 7. The third kappa shape index (κ3) is 22.0. The van der Waals surface area contributed by atoms with Gasteiger partial charge in [0.15, 0.2) is 5.96 Å². The summed E-state index contributed by atoms with van der Waals surface area (Å²) in [6.07, 6.45) is -0.709. The van der Waals surface area contributed by atoms with Crippen LogP contribution in [0.3, 0.4) is 0 Å². The van der Waals surface area contributed by atoms with Crippen molar-refractivity contribution in [2.75, 3.05) is 26.2 Å². The SMILES string of the molecule is CCC[C@H](NC(=O)[C@@H](NC(=O)[C@H](NC(=O)[C@H](CCC(N)=O)NC(=O)CNC(C)=O)[C@H](C)CC)[C@@H](C)O)C(=O)N(C(C)=O)[C@@H](CCCCN)C(=O)N[C@@H](CCCN=C(N)N)C(=O)N1CCC[C@H]1C(=O)N[C@H](C)C(N)=O. The molecule has 0 radical (unpaired) electrons. The summed E-state index contributed by atoms with van der Waals surface area (Å²) in [5.74, 6) is -10.9. The highest BCUT2D eigenvalue weighted by Crippen LogP contribution is 2.22. The third-order valence-electron chi connectivity index (χ3n) is 12.2. The molecule has 0 aromatic carbocycles. The standard InChI is InChI=1S/C46H81N15O13/c1-8-14-30(57-43(72)37(26(5)62)59-42(71)36(24(3)9-2)58-39(68)29(18-19-34(48)65)55-35(66)23-53-27(6)63)45(74)61(28(7)64)33(16-10-11-20-47)41(70)56-31(15-12-21-52-46(50)51)44(73)60-22-13-17-32(60)40(69)54-25(4)38(49)67/h24-26,29-33,36-37,62H,8-23,47H2,1-7H3,(H2,48,65)(H2,49,67)(H,53,63)(H,54,69)(H,55,66)(H,56,70)(H,57,72)(H,58,68)(H,59,71)(H4,50,51,52)/t24-,25-,26-,29+,30+,31+,32+,33+,36-,37+/m1/s1. The third-order valence-corrected chi connectivity index (χ3v) is 12.2. The molecule has 1 fully saturated rings. The van der Waals surface area contributed by atoms with Crippen LogP contribution >= 0.6 is 0 Å². The molecule has 0 unspecified atom stereocenters. The maximum absolute atomic E-state index is 14.6. The predicted molar refractivity (Wildman–Crippen MR) is 268 cm³/mol. The number of rotatable bonds is 33. The number of amides is 12. The Hall–Kier alpha value is -6.97. The average Bonchev–Trinajstić information content (AvgIpc) is 3.83. The van der Waals surface area contributed by atoms with Gasteiger partial charge in [-0.1, -0.05) is 33.6 Å². The Labute approximate surface area is 431 Å². The summed E-state index contributed by atoms with van der Waals surface area (Å²) in [4.78, 5) is 165. The van der Waals surface area contributed by atoms with E-state index in [1.807, 2.05) is 0 Å². The van der Waals surface area contributed by atoms with E-state index in [2.05, 4.69) is 42.2 Å². The fraction of sp³-hybridized carbons (Fsp3) is 0.717. The van der Waals surface area contributed by atoms with Crippen LogP contribution in [0.25, 0.3) is 0 Å². The van der Waals surface area contributed by atoms with Gasteiger partial charge in [0.1, 0.15) is 48.3 Å². The van der Waals surface area contributed by atoms with Crippen LogP contribution in [0.5, 0.6) is 0 Å². The molecule has 10 atom stereocenters. The number of nitrogens with two attached hydrogens (primary N) is 5. The first-order chi connectivity index (χ1) is 34.7. The van der Waals surface area contributed by atoms with E-state index in [1.165, 1.54) is 25.7 Å². The van der Waals surface area contributed by atoms with Crippen LogP contribution in [0.1, 0.15) is 126 Å². The highest BCUT2D eigenvalue weighted by Gasteiger charge is 2.42. The molecule has 1 aliphatic heterocycles. The van der Waals surface area contributed by atoms with Gasteiger partial charge in [0.2, 0.25) is 65.0 Å². The Morgan fingerprint density at radius 3 is 1.88 bits per heavy atom. The lowest BCUT2D eigenvalue weighted by Crippen LogP contribution is -2.63. The minimum absolute atomic E-state index is 0.0415. The van der Waals surface area contributed by atoms with Gasteiger partial charge in [-0.25, -0.2) is 0 Å². The van der Waals surface area contributed by atoms with Crippen molar-refractivity contribution in [3.63, 3.8) is 0 Å². The smallest absolute Gasteiger partial charge is 0.252 e. The van der Waals surface area contributed by atoms with Gasteiger partial charge in [-0.05, 0) is 84.1 Å². The molecule has 1 aliphatic rings. The first kappa shape index (κ1) is 65.0. The van der Waals surface area contributed by atoms with Crippen LogP contribution in [0.15, 0.2) is 4.99 Å². The van der Waals surface area contributed by atoms with E-state index in [4.69, 9.17) is 28.7 Å². The minimum atomic E-state index is -1.78. The van der Waals surface area contributed by atoms with Crippen molar-refractivity contribution in [3.8, 4) is 0 Å². The maximum atomic E-state index is 14.6. The second kappa shape index (κ2) is 33.0. The molecule has 0 aliphatic carbocycles. The van der Waals surface area contributed by atoms with E-state index in [1.54, 1.807) is 20.8 Å². The molecule has 0 aromatic rings. The maximum Gasteiger partial charge on any atom is 0.252 e. The van der Waals surface area contributed by atoms with E-state index >= 15 is 0 Å². The molecule has 0 spiro atoms. The van der Waals surface area contributed by atoms with E-state index in [-0.39, 0.29) is 83.4 Å². The highest BCUT2D eigenvalue weighted by molar-refractivity contribution is 6.04. The monoisotopic (exact) mass is 1050 g/mol. The second-order valence-electron chi connectivity index (χ2n) is 18.3. The molecule has 418 valence electrons. The van der Waals surface area contributed by atoms with E-state index < -0.39 is 138 Å². The van der Waals surface area contributed by atoms with Gasteiger partial charge < -0.3 is 75.9 Å². The molecule has 18 N–H and O–H groups in total. The summed E-state index contributed by atoms with van der Waals surface area (Å²) in [5.41, 5.74) is 27.4. The molecule has 1 rings (SSSR count). The molecule has 12 amide bonds. The van der Waals surface area contributed by atoms with Gasteiger partial charge in [-0.2, -0.15) is 0 Å². The zero-order valence-electron chi connectivity index (χ0n) is 43.7. The number of hydrogen-bond acceptors (Lipinski definition) is 15. The lowest BCUT2D eigenvalue weighted by atomic mass is 9.96. The van der Waals surface area contributed by atoms with Crippen molar-refractivity contribution in [2.45, 2.75) is 180 Å². The molecule has 0 aromatic heterocycles. The van der Waals surface area contributed by atoms with E-state index in [0.29, 0.717) is 24.2 Å². The zero-order chi connectivity index (χ0) is 56.4. The molecule has 0 saturated carbocycles. The van der Waals surface area contributed by atoms with Gasteiger partial charge in [-0.3, -0.25) is 67.4 Å². The van der Waals surface area contributed by atoms with E-state index in [9.17, 15) is 62.6 Å². The fourth-order valence-corrected chi connectivity index (χ4v) is 7.89. The molecule has 1 heterocycles. The number of primary amides is 2. The summed E-state index contributed by atoms with van der Waals surface area (Å²) >= 11 is 0. The largest absolute Gasteiger partial charge is 0.391 e. The molecule has 28 nitrogen and oxygen atoms in total. The van der Waals surface area contributed by atoms with Gasteiger partial charge >= 0.3 is 0 Å². The van der Waals surface area contributed by atoms with Crippen molar-refractivity contribution >= 4 is 76.8 Å². The van der Waals surface area contributed by atoms with Crippen LogP contribution in [0, 0.1) is 5.92 Å². The molecule has 28 heteroatoms. The number of guanidine groups is 1. The molecule has 0 bridgehead atoms. The van der Waals surface area contributed by atoms with Gasteiger partial charge in [0.25, 0.3) is 5.91 Å². The number of aliphatic hydroxyl groups excluding tert-OH is 1.